The van der Waals surface area contributed by atoms with Crippen molar-refractivity contribution < 1.29 is 34.2 Å². The number of rotatable bonds is 16. The highest BCUT2D eigenvalue weighted by atomic mass is 16.4. The lowest BCUT2D eigenvalue weighted by molar-refractivity contribution is -0.170. The fraction of sp³-hybridized carbons (Fsp3) is 0.762. The Balaban J connectivity index is 7.17. The van der Waals surface area contributed by atoms with Gasteiger partial charge in [0.05, 0.1) is 24.5 Å². The summed E-state index contributed by atoms with van der Waals surface area (Å²) in [5, 5.41) is 19.2. The Morgan fingerprint density at radius 1 is 0.818 bits per heavy atom. The number of carboxylic acid groups (broad SMARTS) is 2. The number of hydrogen-bond donors (Lipinski definition) is 7. The van der Waals surface area contributed by atoms with E-state index in [1.165, 1.54) is 13.8 Å². The number of aliphatic carboxylic acids is 2. The average molecular weight is 474 g/mol. The first-order chi connectivity index (χ1) is 15.0. The van der Waals surface area contributed by atoms with Gasteiger partial charge in [-0.1, -0.05) is 34.1 Å². The number of Topliss-reactive ketones (excluding diaryl/α,β-unsaturated/α-hetero) is 3. The number of carboxylic acids is 2. The van der Waals surface area contributed by atoms with Crippen LogP contribution in [0.4, 0.5) is 0 Å². The van der Waals surface area contributed by atoms with E-state index in [1.54, 1.807) is 13.8 Å². The fourth-order valence-electron chi connectivity index (χ4n) is 4.07. The summed E-state index contributed by atoms with van der Waals surface area (Å²) >= 11 is 0. The molecule has 0 radical (unpaired) electrons. The molecule has 12 N–H and O–H groups in total. The molecule has 0 fully saturated rings. The molecule has 0 aromatic rings. The maximum Gasteiger partial charge on any atom is 0.333 e. The van der Waals surface area contributed by atoms with Crippen molar-refractivity contribution in [2.45, 2.75) is 77.0 Å². The predicted octanol–water partition coefficient (Wildman–Crippen LogP) is -1.64. The van der Waals surface area contributed by atoms with Gasteiger partial charge >= 0.3 is 11.9 Å². The van der Waals surface area contributed by atoms with Gasteiger partial charge in [-0.05, 0) is 31.2 Å². The van der Waals surface area contributed by atoms with E-state index >= 15 is 0 Å². The third-order valence-electron chi connectivity index (χ3n) is 6.05. The third-order valence-corrected chi connectivity index (χ3v) is 6.05. The van der Waals surface area contributed by atoms with Crippen molar-refractivity contribution in [1.82, 2.24) is 0 Å². The van der Waals surface area contributed by atoms with Gasteiger partial charge in [0.2, 0.25) is 0 Å². The van der Waals surface area contributed by atoms with E-state index in [0.29, 0.717) is 19.4 Å². The van der Waals surface area contributed by atoms with Gasteiger partial charge in [0.1, 0.15) is 5.41 Å². The normalized spacial score (nSPS) is 18.2. The lowest BCUT2D eigenvalue weighted by Crippen LogP contribution is -2.78. The molecule has 0 rings (SSSR count). The summed E-state index contributed by atoms with van der Waals surface area (Å²) in [6, 6.07) is -4.61. The van der Waals surface area contributed by atoms with Crippen LogP contribution in [0.25, 0.3) is 0 Å². The Bertz CT molecular complexity index is 757. The van der Waals surface area contributed by atoms with E-state index in [1.807, 2.05) is 0 Å². The number of unbranched alkanes of at least 4 members (excludes halogenated alkanes) is 1. The Kier molecular flexibility index (Phi) is 11.4. The van der Waals surface area contributed by atoms with Gasteiger partial charge in [-0.25, -0.2) is 4.79 Å². The average Bonchev–Trinajstić information content (AvgIpc) is 2.71. The molecule has 0 aliphatic heterocycles. The Morgan fingerprint density at radius 2 is 1.33 bits per heavy atom. The van der Waals surface area contributed by atoms with Crippen molar-refractivity contribution >= 4 is 29.3 Å². The van der Waals surface area contributed by atoms with E-state index in [4.69, 9.17) is 33.8 Å². The molecule has 0 saturated heterocycles. The second kappa shape index (κ2) is 12.3. The molecule has 0 aliphatic rings. The zero-order valence-electron chi connectivity index (χ0n) is 19.7. The van der Waals surface area contributed by atoms with Crippen molar-refractivity contribution in [2.75, 3.05) is 6.54 Å². The van der Waals surface area contributed by atoms with E-state index in [9.17, 15) is 29.1 Å². The molecule has 0 aliphatic carbocycles. The summed E-state index contributed by atoms with van der Waals surface area (Å²) in [7, 11) is 0. The summed E-state index contributed by atoms with van der Waals surface area (Å²) < 4.78 is 0. The first kappa shape index (κ1) is 30.8. The molecule has 0 amide bonds. The van der Waals surface area contributed by atoms with Gasteiger partial charge in [0, 0.05) is 0 Å². The summed E-state index contributed by atoms with van der Waals surface area (Å²) in [5.74, 6) is -8.79. The van der Waals surface area contributed by atoms with Crippen LogP contribution in [-0.4, -0.2) is 69.7 Å². The van der Waals surface area contributed by atoms with Crippen LogP contribution in [0.2, 0.25) is 0 Å². The molecule has 0 bridgehead atoms. The largest absolute Gasteiger partial charge is 0.481 e. The minimum Gasteiger partial charge on any atom is -0.481 e. The number of nitrogens with two attached hydrogens (primary N) is 5. The number of carbonyl (C=O) groups is 5. The maximum absolute atomic E-state index is 13.8. The highest BCUT2D eigenvalue weighted by Gasteiger charge is 2.70. The molecule has 33 heavy (non-hydrogen) atoms. The summed E-state index contributed by atoms with van der Waals surface area (Å²) in [6.07, 6.45) is 0.0174. The van der Waals surface area contributed by atoms with Crippen molar-refractivity contribution in [3.63, 3.8) is 0 Å². The fourth-order valence-corrected chi connectivity index (χ4v) is 4.07. The Morgan fingerprint density at radius 3 is 1.70 bits per heavy atom. The van der Waals surface area contributed by atoms with Gasteiger partial charge in [-0.2, -0.15) is 0 Å². The van der Waals surface area contributed by atoms with E-state index in [0.717, 1.165) is 0 Å². The molecule has 0 aromatic carbocycles. The molecular weight excluding hydrogens is 434 g/mol. The molecule has 12 heteroatoms. The topological polar surface area (TPSA) is 256 Å². The smallest absolute Gasteiger partial charge is 0.333 e. The lowest BCUT2D eigenvalue weighted by Gasteiger charge is -2.48. The van der Waals surface area contributed by atoms with Gasteiger partial charge in [0.15, 0.2) is 22.9 Å². The Labute approximate surface area is 193 Å². The van der Waals surface area contributed by atoms with Gasteiger partial charge < -0.3 is 38.9 Å². The van der Waals surface area contributed by atoms with Crippen molar-refractivity contribution in [1.29, 1.82) is 0 Å². The molecule has 0 saturated carbocycles. The zero-order valence-corrected chi connectivity index (χ0v) is 19.7. The molecule has 5 unspecified atom stereocenters. The van der Waals surface area contributed by atoms with Gasteiger partial charge in [-0.3, -0.25) is 19.2 Å². The van der Waals surface area contributed by atoms with Crippen LogP contribution in [0.5, 0.6) is 0 Å². The predicted molar refractivity (Wildman–Crippen MR) is 121 cm³/mol. The quantitative estimate of drug-likeness (QED) is 0.0983. The highest BCUT2D eigenvalue weighted by Crippen LogP contribution is 2.44. The van der Waals surface area contributed by atoms with Crippen LogP contribution in [0.3, 0.4) is 0 Å². The van der Waals surface area contributed by atoms with E-state index in [2.05, 4.69) is 0 Å². The first-order valence-electron chi connectivity index (χ1n) is 10.9. The van der Waals surface area contributed by atoms with Crippen LogP contribution >= 0.6 is 0 Å². The summed E-state index contributed by atoms with van der Waals surface area (Å²) in [6.45, 7) is 6.20. The molecule has 0 spiro atoms. The second-order valence-corrected chi connectivity index (χ2v) is 9.03. The van der Waals surface area contributed by atoms with Crippen LogP contribution in [0.1, 0.15) is 53.4 Å². The summed E-state index contributed by atoms with van der Waals surface area (Å²) in [5.41, 5.74) is 23.6. The minimum absolute atomic E-state index is 0.0553. The summed E-state index contributed by atoms with van der Waals surface area (Å²) in [4.78, 5) is 64.5. The van der Waals surface area contributed by atoms with Crippen molar-refractivity contribution in [3.05, 3.63) is 0 Å². The van der Waals surface area contributed by atoms with Crippen LogP contribution < -0.4 is 28.7 Å². The van der Waals surface area contributed by atoms with Crippen LogP contribution in [-0.2, 0) is 24.0 Å². The molecule has 0 heterocycles. The first-order valence-corrected chi connectivity index (χ1v) is 10.9. The molecule has 5 atom stereocenters. The van der Waals surface area contributed by atoms with Crippen LogP contribution in [0, 0.1) is 17.3 Å². The van der Waals surface area contributed by atoms with Gasteiger partial charge in [0.25, 0.3) is 0 Å². The van der Waals surface area contributed by atoms with Crippen molar-refractivity contribution in [2.24, 2.45) is 45.9 Å². The minimum atomic E-state index is -3.21. The highest BCUT2D eigenvalue weighted by molar-refractivity contribution is 6.25. The number of carbonyl (C=O) groups excluding carboxylic acids is 3. The lowest BCUT2D eigenvalue weighted by atomic mass is 9.53. The Hall–Kier alpha value is -2.25. The zero-order chi connectivity index (χ0) is 26.3. The monoisotopic (exact) mass is 473 g/mol. The SMILES string of the molecule is CC(C)C(N)C(=O)C(C(=O)C(N)CCCCN)(C(C)C)C(N)(C(=O)O)C(=O)C(N)CC(=O)O. The van der Waals surface area contributed by atoms with E-state index < -0.39 is 76.6 Å². The number of hydrogen-bond acceptors (Lipinski definition) is 10. The maximum atomic E-state index is 13.8. The van der Waals surface area contributed by atoms with Gasteiger partial charge in [-0.15, -0.1) is 0 Å². The standard InChI is InChI=1S/C21H39N5O7/c1-10(2)15(25)18(31)20(11(3)4,16(29)12(23)7-5-6-8-22)21(26,19(32)33)17(30)13(24)9-14(27)28/h10-13,15H,5-9,22-26H2,1-4H3,(H,27,28)(H,32,33). The molecule has 190 valence electrons. The molecule has 12 nitrogen and oxygen atoms in total. The third kappa shape index (κ3) is 6.01. The molecular formula is C21H39N5O7. The molecule has 0 aromatic heterocycles. The second-order valence-electron chi connectivity index (χ2n) is 9.03. The van der Waals surface area contributed by atoms with Crippen molar-refractivity contribution in [3.8, 4) is 0 Å². The van der Waals surface area contributed by atoms with Crippen LogP contribution in [0.15, 0.2) is 0 Å². The number of ketones is 3. The van der Waals surface area contributed by atoms with E-state index in [-0.39, 0.29) is 6.42 Å².